The molecule has 1 unspecified atom stereocenters. The highest BCUT2D eigenvalue weighted by Gasteiger charge is 2.45. The lowest BCUT2D eigenvalue weighted by Crippen LogP contribution is -2.50. The first kappa shape index (κ1) is 14.5. The van der Waals surface area contributed by atoms with Gasteiger partial charge in [0.25, 0.3) is 0 Å². The SMILES string of the molecule is OCC1CCC(NC2CC3(CCC3)Oc3ccccc32)CC1. The monoisotopic (exact) mass is 301 g/mol. The Morgan fingerprint density at radius 2 is 1.91 bits per heavy atom. The fraction of sp³-hybridized carbons (Fsp3) is 0.684. The van der Waals surface area contributed by atoms with E-state index in [1.165, 1.54) is 37.7 Å². The number of rotatable bonds is 3. The summed E-state index contributed by atoms with van der Waals surface area (Å²) in [4.78, 5) is 0. The molecule has 3 aliphatic rings. The zero-order valence-electron chi connectivity index (χ0n) is 13.3. The Labute approximate surface area is 133 Å². The maximum atomic E-state index is 9.30. The smallest absolute Gasteiger partial charge is 0.124 e. The molecule has 1 atom stereocenters. The molecule has 0 aromatic heterocycles. The first-order chi connectivity index (χ1) is 10.8. The van der Waals surface area contributed by atoms with Crippen molar-refractivity contribution in [1.29, 1.82) is 0 Å². The van der Waals surface area contributed by atoms with Crippen molar-refractivity contribution in [3.05, 3.63) is 29.8 Å². The fourth-order valence-corrected chi connectivity index (χ4v) is 4.44. The van der Waals surface area contributed by atoms with Gasteiger partial charge >= 0.3 is 0 Å². The molecule has 22 heavy (non-hydrogen) atoms. The molecule has 120 valence electrons. The van der Waals surface area contributed by atoms with Gasteiger partial charge in [0.2, 0.25) is 0 Å². The Morgan fingerprint density at radius 3 is 2.59 bits per heavy atom. The van der Waals surface area contributed by atoms with E-state index in [4.69, 9.17) is 4.74 Å². The van der Waals surface area contributed by atoms with Gasteiger partial charge in [-0.1, -0.05) is 18.2 Å². The molecule has 1 aromatic carbocycles. The third kappa shape index (κ3) is 2.65. The zero-order chi connectivity index (χ0) is 15.0. The molecule has 0 bridgehead atoms. The van der Waals surface area contributed by atoms with Crippen LogP contribution in [0.2, 0.25) is 0 Å². The summed E-state index contributed by atoms with van der Waals surface area (Å²) in [6.45, 7) is 0.357. The van der Waals surface area contributed by atoms with Gasteiger partial charge in [-0.15, -0.1) is 0 Å². The third-order valence-corrected chi connectivity index (χ3v) is 6.00. The molecule has 2 fully saturated rings. The van der Waals surface area contributed by atoms with Crippen molar-refractivity contribution < 1.29 is 9.84 Å². The van der Waals surface area contributed by atoms with Crippen LogP contribution in [0.3, 0.4) is 0 Å². The summed E-state index contributed by atoms with van der Waals surface area (Å²) in [5.41, 5.74) is 1.44. The van der Waals surface area contributed by atoms with E-state index in [2.05, 4.69) is 29.6 Å². The lowest BCUT2D eigenvalue weighted by atomic mass is 9.72. The topological polar surface area (TPSA) is 41.5 Å². The summed E-state index contributed by atoms with van der Waals surface area (Å²) in [6, 6.07) is 9.58. The first-order valence-corrected chi connectivity index (χ1v) is 8.93. The molecule has 1 heterocycles. The molecule has 2 saturated carbocycles. The predicted molar refractivity (Wildman–Crippen MR) is 87.0 cm³/mol. The summed E-state index contributed by atoms with van der Waals surface area (Å²) in [6.07, 6.45) is 9.53. The lowest BCUT2D eigenvalue weighted by Gasteiger charge is -2.49. The number of aliphatic hydroxyl groups is 1. The highest BCUT2D eigenvalue weighted by molar-refractivity contribution is 5.39. The van der Waals surface area contributed by atoms with Crippen LogP contribution in [-0.2, 0) is 0 Å². The zero-order valence-corrected chi connectivity index (χ0v) is 13.3. The van der Waals surface area contributed by atoms with Crippen LogP contribution in [-0.4, -0.2) is 23.4 Å². The molecule has 4 rings (SSSR count). The number of hydrogen-bond donors (Lipinski definition) is 2. The van der Waals surface area contributed by atoms with Gasteiger partial charge in [-0.2, -0.15) is 0 Å². The van der Waals surface area contributed by atoms with E-state index < -0.39 is 0 Å². The molecular weight excluding hydrogens is 274 g/mol. The third-order valence-electron chi connectivity index (χ3n) is 6.00. The van der Waals surface area contributed by atoms with Crippen LogP contribution in [0, 0.1) is 5.92 Å². The van der Waals surface area contributed by atoms with Gasteiger partial charge in [0.05, 0.1) is 0 Å². The highest BCUT2D eigenvalue weighted by atomic mass is 16.5. The number of para-hydroxylation sites is 1. The number of hydrogen-bond acceptors (Lipinski definition) is 3. The van der Waals surface area contributed by atoms with Crippen LogP contribution in [0.15, 0.2) is 24.3 Å². The van der Waals surface area contributed by atoms with E-state index in [1.54, 1.807) is 0 Å². The Bertz CT molecular complexity index is 518. The molecule has 1 aliphatic heterocycles. The maximum absolute atomic E-state index is 9.30. The molecule has 1 aromatic rings. The minimum absolute atomic E-state index is 0.105. The number of benzene rings is 1. The Morgan fingerprint density at radius 1 is 1.14 bits per heavy atom. The summed E-state index contributed by atoms with van der Waals surface area (Å²) in [7, 11) is 0. The second-order valence-electron chi connectivity index (χ2n) is 7.50. The van der Waals surface area contributed by atoms with E-state index in [-0.39, 0.29) is 5.60 Å². The van der Waals surface area contributed by atoms with E-state index >= 15 is 0 Å². The number of aliphatic hydroxyl groups excluding tert-OH is 1. The second-order valence-corrected chi connectivity index (χ2v) is 7.50. The van der Waals surface area contributed by atoms with Crippen molar-refractivity contribution >= 4 is 0 Å². The number of ether oxygens (including phenoxy) is 1. The van der Waals surface area contributed by atoms with Crippen LogP contribution in [0.5, 0.6) is 5.75 Å². The van der Waals surface area contributed by atoms with E-state index in [0.717, 1.165) is 25.0 Å². The van der Waals surface area contributed by atoms with Gasteiger partial charge < -0.3 is 15.2 Å². The standard InChI is InChI=1S/C19H27NO2/c21-13-14-6-8-15(9-7-14)20-17-12-19(10-3-11-19)22-18-5-2-1-4-16(17)18/h1-2,4-5,14-15,17,20-21H,3,6-13H2. The van der Waals surface area contributed by atoms with Crippen LogP contribution in [0.25, 0.3) is 0 Å². The van der Waals surface area contributed by atoms with Crippen LogP contribution >= 0.6 is 0 Å². The lowest BCUT2D eigenvalue weighted by molar-refractivity contribution is -0.0387. The Balaban J connectivity index is 1.48. The normalized spacial score (nSPS) is 32.9. The van der Waals surface area contributed by atoms with Gasteiger partial charge in [-0.3, -0.25) is 0 Å². The average Bonchev–Trinajstić information content (AvgIpc) is 2.54. The van der Waals surface area contributed by atoms with Gasteiger partial charge in [0, 0.05) is 30.7 Å². The maximum Gasteiger partial charge on any atom is 0.124 e. The van der Waals surface area contributed by atoms with Gasteiger partial charge in [-0.25, -0.2) is 0 Å². The molecule has 0 saturated heterocycles. The molecule has 0 amide bonds. The Hall–Kier alpha value is -1.06. The van der Waals surface area contributed by atoms with E-state index in [9.17, 15) is 5.11 Å². The summed E-state index contributed by atoms with van der Waals surface area (Å²) in [5, 5.41) is 13.2. The van der Waals surface area contributed by atoms with Crippen LogP contribution in [0.4, 0.5) is 0 Å². The fourth-order valence-electron chi connectivity index (χ4n) is 4.44. The van der Waals surface area contributed by atoms with Crippen LogP contribution in [0.1, 0.15) is 63.0 Å². The molecule has 2 N–H and O–H groups in total. The molecular formula is C19H27NO2. The van der Waals surface area contributed by atoms with E-state index in [1.807, 2.05) is 0 Å². The minimum atomic E-state index is 0.105. The Kier molecular flexibility index (Phi) is 3.87. The molecule has 0 radical (unpaired) electrons. The van der Waals surface area contributed by atoms with Gasteiger partial charge in [0.1, 0.15) is 11.4 Å². The average molecular weight is 301 g/mol. The summed E-state index contributed by atoms with van der Waals surface area (Å²) in [5.74, 6) is 1.62. The van der Waals surface area contributed by atoms with Crippen molar-refractivity contribution in [3.63, 3.8) is 0 Å². The number of nitrogens with one attached hydrogen (secondary N) is 1. The molecule has 3 heteroatoms. The second kappa shape index (κ2) is 5.86. The van der Waals surface area contributed by atoms with Gasteiger partial charge in [0.15, 0.2) is 0 Å². The van der Waals surface area contributed by atoms with Crippen molar-refractivity contribution in [1.82, 2.24) is 5.32 Å². The number of fused-ring (bicyclic) bond motifs is 1. The quantitative estimate of drug-likeness (QED) is 0.896. The van der Waals surface area contributed by atoms with E-state index in [0.29, 0.717) is 24.6 Å². The minimum Gasteiger partial charge on any atom is -0.487 e. The van der Waals surface area contributed by atoms with Crippen LogP contribution < -0.4 is 10.1 Å². The highest BCUT2D eigenvalue weighted by Crippen LogP contribution is 2.49. The van der Waals surface area contributed by atoms with Crippen molar-refractivity contribution in [2.45, 2.75) is 69.1 Å². The predicted octanol–water partition coefficient (Wildman–Crippen LogP) is 3.57. The van der Waals surface area contributed by atoms with Crippen molar-refractivity contribution in [2.24, 2.45) is 5.92 Å². The first-order valence-electron chi connectivity index (χ1n) is 8.93. The van der Waals surface area contributed by atoms with Gasteiger partial charge in [-0.05, 0) is 56.9 Å². The van der Waals surface area contributed by atoms with Crippen molar-refractivity contribution in [2.75, 3.05) is 6.61 Å². The largest absolute Gasteiger partial charge is 0.487 e. The summed E-state index contributed by atoms with van der Waals surface area (Å²) >= 11 is 0. The van der Waals surface area contributed by atoms with Crippen molar-refractivity contribution in [3.8, 4) is 5.75 Å². The summed E-state index contributed by atoms with van der Waals surface area (Å²) < 4.78 is 6.34. The molecule has 1 spiro atoms. The molecule has 3 nitrogen and oxygen atoms in total. The molecule has 2 aliphatic carbocycles.